The maximum absolute atomic E-state index is 13.3. The summed E-state index contributed by atoms with van der Waals surface area (Å²) in [6.45, 7) is 15.3. The van der Waals surface area contributed by atoms with Crippen molar-refractivity contribution < 1.29 is 28.9 Å². The highest BCUT2D eigenvalue weighted by molar-refractivity contribution is 5.95. The molecule has 6 aromatic carbocycles. The molecule has 2 fully saturated rings. The molecule has 1 atom stereocenters. The molecule has 2 saturated heterocycles. The van der Waals surface area contributed by atoms with Gasteiger partial charge >= 0.3 is 5.97 Å². The number of benzene rings is 6. The van der Waals surface area contributed by atoms with Crippen molar-refractivity contribution in [2.24, 2.45) is 0 Å². The fourth-order valence-corrected chi connectivity index (χ4v) is 11.5. The topological polar surface area (TPSA) is 91.9 Å². The second kappa shape index (κ2) is 19.8. The molecule has 0 saturated carbocycles. The van der Waals surface area contributed by atoms with Gasteiger partial charge in [0.15, 0.2) is 5.75 Å². The summed E-state index contributed by atoms with van der Waals surface area (Å²) in [5.74, 6) is 0.895. The van der Waals surface area contributed by atoms with E-state index in [0.717, 1.165) is 72.6 Å². The molecule has 0 radical (unpaired) electrons. The third-order valence-corrected chi connectivity index (χ3v) is 14.9. The highest BCUT2D eigenvalue weighted by Crippen LogP contribution is 2.63. The Morgan fingerprint density at radius 2 is 0.958 bits per heavy atom. The normalized spacial score (nSPS) is 19.0. The van der Waals surface area contributed by atoms with Crippen LogP contribution in [-0.4, -0.2) is 86.5 Å². The standard InChI is InChI=1S/C61H62N4O6/c1-59(2)42-61(54-40-50(26-28-52(54)59)70-56(66)30-21-45-19-24-49(25-20-45)63-33-37-65(38-34-63)58(68)47-15-9-6-10-16-47)43-60(3,4)53-29-27-51(41-55(53)61)71-69-39-11-12-44-17-22-48(23-18-44)62-31-35-64(36-32-62)57(67)46-13-7-5-8-14-46/h5-30,40-41H,31-39,42-43H2,1-4H3/b12-11+,30-21+. The van der Waals surface area contributed by atoms with Crippen molar-refractivity contribution in [3.05, 3.63) is 202 Å². The molecule has 2 amide bonds. The molecule has 4 aliphatic rings. The lowest BCUT2D eigenvalue weighted by Crippen LogP contribution is -2.48. The van der Waals surface area contributed by atoms with Gasteiger partial charge in [0.1, 0.15) is 12.4 Å². The minimum atomic E-state index is -0.436. The van der Waals surface area contributed by atoms with E-state index in [4.69, 9.17) is 14.5 Å². The molecule has 10 rings (SSSR count). The van der Waals surface area contributed by atoms with Crippen LogP contribution < -0.4 is 19.4 Å². The van der Waals surface area contributed by atoms with Crippen LogP contribution in [0.2, 0.25) is 0 Å². The molecule has 71 heavy (non-hydrogen) atoms. The van der Waals surface area contributed by atoms with Crippen LogP contribution in [-0.2, 0) is 25.9 Å². The van der Waals surface area contributed by atoms with Gasteiger partial charge in [-0.1, -0.05) is 113 Å². The van der Waals surface area contributed by atoms with Gasteiger partial charge in [0.2, 0.25) is 0 Å². The Labute approximate surface area is 417 Å². The lowest BCUT2D eigenvalue weighted by molar-refractivity contribution is -0.195. The van der Waals surface area contributed by atoms with Crippen LogP contribution in [0.3, 0.4) is 0 Å². The van der Waals surface area contributed by atoms with Gasteiger partial charge in [-0.3, -0.25) is 9.59 Å². The van der Waals surface area contributed by atoms with E-state index < -0.39 is 5.97 Å². The molecule has 2 aliphatic heterocycles. The van der Waals surface area contributed by atoms with Crippen molar-refractivity contribution in [1.29, 1.82) is 0 Å². The Morgan fingerprint density at radius 1 is 0.507 bits per heavy atom. The first-order valence-corrected chi connectivity index (χ1v) is 24.9. The molecule has 10 nitrogen and oxygen atoms in total. The molecule has 6 aromatic rings. The third-order valence-electron chi connectivity index (χ3n) is 14.9. The van der Waals surface area contributed by atoms with Gasteiger partial charge in [-0.25, -0.2) is 4.79 Å². The first kappa shape index (κ1) is 47.3. The van der Waals surface area contributed by atoms with E-state index >= 15 is 0 Å². The zero-order valence-corrected chi connectivity index (χ0v) is 41.2. The fraction of sp³-hybridized carbons (Fsp3) is 0.295. The number of hydrogen-bond acceptors (Lipinski definition) is 8. The molecule has 2 heterocycles. The Balaban J connectivity index is 0.742. The van der Waals surface area contributed by atoms with Crippen LogP contribution in [0.25, 0.3) is 12.2 Å². The Morgan fingerprint density at radius 3 is 1.45 bits per heavy atom. The van der Waals surface area contributed by atoms with E-state index in [0.29, 0.717) is 37.7 Å². The summed E-state index contributed by atoms with van der Waals surface area (Å²) >= 11 is 0. The Hall–Kier alpha value is -7.43. The van der Waals surface area contributed by atoms with Crippen molar-refractivity contribution in [3.63, 3.8) is 0 Å². The minimum Gasteiger partial charge on any atom is -0.423 e. The molecular formula is C61H62N4O6. The number of nitrogens with zero attached hydrogens (tertiary/aromatic N) is 4. The first-order chi connectivity index (χ1) is 34.3. The van der Waals surface area contributed by atoms with E-state index in [2.05, 4.69) is 98.2 Å². The molecular weight excluding hydrogens is 885 g/mol. The number of piperazine rings is 2. The molecule has 1 spiro atoms. The van der Waals surface area contributed by atoms with Crippen molar-refractivity contribution in [1.82, 2.24) is 9.80 Å². The van der Waals surface area contributed by atoms with Crippen LogP contribution in [0.4, 0.5) is 11.4 Å². The van der Waals surface area contributed by atoms with Gasteiger partial charge < -0.3 is 29.2 Å². The summed E-state index contributed by atoms with van der Waals surface area (Å²) in [5.41, 5.74) is 10.1. The zero-order chi connectivity index (χ0) is 49.2. The summed E-state index contributed by atoms with van der Waals surface area (Å²) in [7, 11) is 0. The number of anilines is 2. The predicted molar refractivity (Wildman–Crippen MR) is 281 cm³/mol. The van der Waals surface area contributed by atoms with Gasteiger partial charge in [0.25, 0.3) is 11.8 Å². The monoisotopic (exact) mass is 946 g/mol. The average Bonchev–Trinajstić information content (AvgIpc) is 3.76. The molecule has 362 valence electrons. The van der Waals surface area contributed by atoms with Crippen molar-refractivity contribution in [2.45, 2.75) is 56.8 Å². The number of hydrogen-bond donors (Lipinski definition) is 0. The number of esters is 1. The van der Waals surface area contributed by atoms with Gasteiger partial charge in [-0.2, -0.15) is 4.89 Å². The lowest BCUT2D eigenvalue weighted by atomic mass is 9.72. The summed E-state index contributed by atoms with van der Waals surface area (Å²) in [4.78, 5) is 59.4. The summed E-state index contributed by atoms with van der Waals surface area (Å²) < 4.78 is 6.01. The first-order valence-electron chi connectivity index (χ1n) is 24.9. The van der Waals surface area contributed by atoms with Crippen molar-refractivity contribution in [2.75, 3.05) is 68.8 Å². The van der Waals surface area contributed by atoms with E-state index in [9.17, 15) is 14.4 Å². The number of carbonyl (C=O) groups is 3. The highest BCUT2D eigenvalue weighted by atomic mass is 17.2. The van der Waals surface area contributed by atoms with Gasteiger partial charge in [0.05, 0.1) is 0 Å². The summed E-state index contributed by atoms with van der Waals surface area (Å²) in [5, 5.41) is 0. The van der Waals surface area contributed by atoms with Gasteiger partial charge in [-0.15, -0.1) is 0 Å². The molecule has 10 heteroatoms. The molecule has 0 N–H and O–H groups in total. The van der Waals surface area contributed by atoms with Gasteiger partial charge in [0, 0.05) is 86.4 Å². The van der Waals surface area contributed by atoms with Crippen LogP contribution in [0.15, 0.2) is 158 Å². The van der Waals surface area contributed by atoms with Crippen molar-refractivity contribution >= 4 is 41.3 Å². The maximum Gasteiger partial charge on any atom is 0.336 e. The van der Waals surface area contributed by atoms with E-state index in [1.807, 2.05) is 107 Å². The number of carbonyl (C=O) groups excluding carboxylic acids is 3. The van der Waals surface area contributed by atoms with Crippen LogP contribution in [0.1, 0.15) is 94.6 Å². The Kier molecular flexibility index (Phi) is 13.2. The fourth-order valence-electron chi connectivity index (χ4n) is 11.5. The molecule has 0 bridgehead atoms. The van der Waals surface area contributed by atoms with Crippen molar-refractivity contribution in [3.8, 4) is 11.5 Å². The Bertz CT molecular complexity index is 2950. The number of fused-ring (bicyclic) bond motifs is 4. The minimum absolute atomic E-state index is 0.0715. The third kappa shape index (κ3) is 9.99. The average molecular weight is 947 g/mol. The molecule has 0 aromatic heterocycles. The zero-order valence-electron chi connectivity index (χ0n) is 41.2. The largest absolute Gasteiger partial charge is 0.423 e. The maximum atomic E-state index is 13.3. The predicted octanol–water partition coefficient (Wildman–Crippen LogP) is 10.9. The second-order valence-corrected chi connectivity index (χ2v) is 20.6. The van der Waals surface area contributed by atoms with E-state index in [1.54, 1.807) is 6.08 Å². The molecule has 2 aliphatic carbocycles. The van der Waals surface area contributed by atoms with E-state index in [1.165, 1.54) is 28.3 Å². The van der Waals surface area contributed by atoms with Gasteiger partial charge in [-0.05, 0) is 136 Å². The summed E-state index contributed by atoms with van der Waals surface area (Å²) in [6.07, 6.45) is 9.08. The quantitative estimate of drug-likeness (QED) is 0.0299. The lowest BCUT2D eigenvalue weighted by Gasteiger charge is -2.36. The van der Waals surface area contributed by atoms with Crippen LogP contribution in [0, 0.1) is 0 Å². The van der Waals surface area contributed by atoms with Crippen LogP contribution >= 0.6 is 0 Å². The van der Waals surface area contributed by atoms with E-state index in [-0.39, 0.29) is 34.7 Å². The van der Waals surface area contributed by atoms with Crippen LogP contribution in [0.5, 0.6) is 11.5 Å². The molecule has 1 unspecified atom stereocenters. The second-order valence-electron chi connectivity index (χ2n) is 20.6. The smallest absolute Gasteiger partial charge is 0.336 e. The number of amides is 2. The number of rotatable bonds is 12. The number of ether oxygens (including phenoxy) is 1. The highest BCUT2D eigenvalue weighted by Gasteiger charge is 2.56. The SMILES string of the molecule is CC1(C)CC2(CC(C)(C)c3ccc(OC(=O)/C=C/c4ccc(N5CCN(C(=O)c6ccccc6)CC5)cc4)cc32)c2cc(OOC/C=C/c3ccc(N4CCN(C(=O)c5ccccc5)CC4)cc3)ccc21. The summed E-state index contributed by atoms with van der Waals surface area (Å²) in [6, 6.07) is 48.0.